The fourth-order valence-corrected chi connectivity index (χ4v) is 0.733. The monoisotopic (exact) mass is 135 g/mol. The van der Waals surface area contributed by atoms with Gasteiger partial charge in [0, 0.05) is 5.56 Å². The lowest BCUT2D eigenvalue weighted by Gasteiger charge is -1.84. The molecule has 0 aromatic carbocycles. The molecule has 0 saturated carbocycles. The van der Waals surface area contributed by atoms with E-state index in [1.54, 1.807) is 12.5 Å². The standard InChI is InChI=1S/C8H9NO/c1-3-4-7-5-10-6-8(7)9-2/h3-6H,2H2,1H3/b4-3-. The molecule has 0 aliphatic rings. The van der Waals surface area contributed by atoms with Crippen molar-refractivity contribution in [3.8, 4) is 0 Å². The molecule has 0 radical (unpaired) electrons. The van der Waals surface area contributed by atoms with E-state index in [-0.39, 0.29) is 0 Å². The third-order valence-electron chi connectivity index (χ3n) is 1.19. The summed E-state index contributed by atoms with van der Waals surface area (Å²) in [6.45, 7) is 5.35. The Labute approximate surface area is 59.9 Å². The summed E-state index contributed by atoms with van der Waals surface area (Å²) in [6.07, 6.45) is 7.07. The van der Waals surface area contributed by atoms with Crippen LogP contribution in [0, 0.1) is 0 Å². The minimum Gasteiger partial charge on any atom is -0.470 e. The van der Waals surface area contributed by atoms with E-state index in [0.717, 1.165) is 11.3 Å². The van der Waals surface area contributed by atoms with E-state index in [4.69, 9.17) is 4.42 Å². The molecule has 10 heavy (non-hydrogen) atoms. The van der Waals surface area contributed by atoms with Gasteiger partial charge in [0.2, 0.25) is 0 Å². The average molecular weight is 135 g/mol. The van der Waals surface area contributed by atoms with Gasteiger partial charge in [0.05, 0.1) is 6.26 Å². The molecule has 0 atom stereocenters. The van der Waals surface area contributed by atoms with Gasteiger partial charge in [-0.05, 0) is 13.6 Å². The Kier molecular flexibility index (Phi) is 2.05. The molecule has 0 bridgehead atoms. The quantitative estimate of drug-likeness (QED) is 0.572. The third kappa shape index (κ3) is 1.16. The van der Waals surface area contributed by atoms with Gasteiger partial charge in [-0.15, -0.1) is 0 Å². The molecule has 0 saturated heterocycles. The summed E-state index contributed by atoms with van der Waals surface area (Å²) in [6, 6.07) is 0. The fraction of sp³-hybridized carbons (Fsp3) is 0.125. The smallest absolute Gasteiger partial charge is 0.116 e. The van der Waals surface area contributed by atoms with Crippen molar-refractivity contribution in [3.05, 3.63) is 24.2 Å². The number of aliphatic imine (C=N–C) groups is 1. The van der Waals surface area contributed by atoms with Gasteiger partial charge in [-0.1, -0.05) is 12.2 Å². The second kappa shape index (κ2) is 3.01. The molecule has 0 unspecified atom stereocenters. The number of hydrogen-bond donors (Lipinski definition) is 0. The second-order valence-corrected chi connectivity index (χ2v) is 1.87. The van der Waals surface area contributed by atoms with E-state index < -0.39 is 0 Å². The van der Waals surface area contributed by atoms with Crippen LogP contribution in [-0.2, 0) is 0 Å². The van der Waals surface area contributed by atoms with Crippen molar-refractivity contribution in [2.45, 2.75) is 6.92 Å². The van der Waals surface area contributed by atoms with Crippen LogP contribution < -0.4 is 0 Å². The molecule has 0 aliphatic heterocycles. The molecule has 1 aromatic heterocycles. The first kappa shape index (κ1) is 6.81. The Morgan fingerprint density at radius 2 is 2.40 bits per heavy atom. The number of hydrogen-bond acceptors (Lipinski definition) is 2. The van der Waals surface area contributed by atoms with Crippen LogP contribution in [0.2, 0.25) is 0 Å². The molecule has 2 nitrogen and oxygen atoms in total. The molecule has 2 heteroatoms. The first-order valence-corrected chi connectivity index (χ1v) is 3.04. The molecule has 0 aliphatic carbocycles. The Bertz CT molecular complexity index is 248. The van der Waals surface area contributed by atoms with Crippen molar-refractivity contribution >= 4 is 18.5 Å². The Balaban J connectivity index is 3.00. The Hall–Kier alpha value is -1.31. The average Bonchev–Trinajstić information content (AvgIpc) is 2.36. The number of nitrogens with zero attached hydrogens (tertiary/aromatic N) is 1. The van der Waals surface area contributed by atoms with Crippen LogP contribution in [0.3, 0.4) is 0 Å². The molecule has 1 aromatic rings. The number of rotatable bonds is 2. The molecule has 0 amide bonds. The molecule has 1 rings (SSSR count). The zero-order valence-electron chi connectivity index (χ0n) is 5.87. The highest BCUT2D eigenvalue weighted by Gasteiger charge is 1.96. The summed E-state index contributed by atoms with van der Waals surface area (Å²) < 4.78 is 4.90. The fourth-order valence-electron chi connectivity index (χ4n) is 0.733. The number of allylic oxidation sites excluding steroid dienone is 1. The summed E-state index contributed by atoms with van der Waals surface area (Å²) in [4.78, 5) is 3.75. The predicted octanol–water partition coefficient (Wildman–Crippen LogP) is 2.64. The lowest BCUT2D eigenvalue weighted by molar-refractivity contribution is 0.567. The maximum Gasteiger partial charge on any atom is 0.116 e. The largest absolute Gasteiger partial charge is 0.470 e. The molecule has 1 heterocycles. The predicted molar refractivity (Wildman–Crippen MR) is 42.6 cm³/mol. The molecule has 0 fully saturated rings. The minimum atomic E-state index is 0.790. The van der Waals surface area contributed by atoms with Crippen LogP contribution in [0.25, 0.3) is 6.08 Å². The van der Waals surface area contributed by atoms with Crippen LogP contribution in [0.4, 0.5) is 5.69 Å². The number of furan rings is 1. The van der Waals surface area contributed by atoms with Gasteiger partial charge in [0.1, 0.15) is 12.0 Å². The van der Waals surface area contributed by atoms with Crippen LogP contribution in [0.1, 0.15) is 12.5 Å². The minimum absolute atomic E-state index is 0.790. The molecular weight excluding hydrogens is 126 g/mol. The Morgan fingerprint density at radius 3 is 3.00 bits per heavy atom. The van der Waals surface area contributed by atoms with Crippen molar-refractivity contribution in [3.63, 3.8) is 0 Å². The summed E-state index contributed by atoms with van der Waals surface area (Å²) in [7, 11) is 0. The van der Waals surface area contributed by atoms with Crippen molar-refractivity contribution in [2.75, 3.05) is 0 Å². The zero-order chi connectivity index (χ0) is 7.40. The first-order chi connectivity index (χ1) is 4.88. The summed E-state index contributed by atoms with van der Waals surface area (Å²) in [5.41, 5.74) is 1.76. The van der Waals surface area contributed by atoms with Crippen LogP contribution in [0.15, 0.2) is 28.0 Å². The van der Waals surface area contributed by atoms with Gasteiger partial charge in [-0.2, -0.15) is 0 Å². The third-order valence-corrected chi connectivity index (χ3v) is 1.19. The topological polar surface area (TPSA) is 25.5 Å². The second-order valence-electron chi connectivity index (χ2n) is 1.87. The van der Waals surface area contributed by atoms with Crippen LogP contribution >= 0.6 is 0 Å². The maximum atomic E-state index is 4.90. The summed E-state index contributed by atoms with van der Waals surface area (Å²) >= 11 is 0. The van der Waals surface area contributed by atoms with Gasteiger partial charge in [-0.25, -0.2) is 0 Å². The lowest BCUT2D eigenvalue weighted by atomic mass is 10.3. The highest BCUT2D eigenvalue weighted by atomic mass is 16.3. The highest BCUT2D eigenvalue weighted by molar-refractivity contribution is 5.63. The molecular formula is C8H9NO. The molecule has 52 valence electrons. The van der Waals surface area contributed by atoms with E-state index in [1.165, 1.54) is 0 Å². The first-order valence-electron chi connectivity index (χ1n) is 3.04. The van der Waals surface area contributed by atoms with E-state index in [2.05, 4.69) is 11.7 Å². The van der Waals surface area contributed by atoms with E-state index >= 15 is 0 Å². The normalized spacial score (nSPS) is 10.5. The lowest BCUT2D eigenvalue weighted by Crippen LogP contribution is -1.61. The van der Waals surface area contributed by atoms with Gasteiger partial charge in [0.25, 0.3) is 0 Å². The highest BCUT2D eigenvalue weighted by Crippen LogP contribution is 2.20. The zero-order valence-corrected chi connectivity index (χ0v) is 5.87. The van der Waals surface area contributed by atoms with E-state index in [1.807, 2.05) is 19.1 Å². The summed E-state index contributed by atoms with van der Waals surface area (Å²) in [5, 5.41) is 0. The van der Waals surface area contributed by atoms with E-state index in [0.29, 0.717) is 0 Å². The van der Waals surface area contributed by atoms with Crippen LogP contribution in [0.5, 0.6) is 0 Å². The van der Waals surface area contributed by atoms with Crippen LogP contribution in [-0.4, -0.2) is 6.72 Å². The maximum absolute atomic E-state index is 4.90. The molecule has 0 N–H and O–H groups in total. The van der Waals surface area contributed by atoms with Crippen molar-refractivity contribution in [1.29, 1.82) is 0 Å². The van der Waals surface area contributed by atoms with Gasteiger partial charge in [-0.3, -0.25) is 4.99 Å². The molecule has 0 spiro atoms. The van der Waals surface area contributed by atoms with Gasteiger partial charge in [0.15, 0.2) is 0 Å². The van der Waals surface area contributed by atoms with Crippen molar-refractivity contribution in [2.24, 2.45) is 4.99 Å². The van der Waals surface area contributed by atoms with Crippen molar-refractivity contribution < 1.29 is 4.42 Å². The van der Waals surface area contributed by atoms with E-state index in [9.17, 15) is 0 Å². The van der Waals surface area contributed by atoms with Crippen molar-refractivity contribution in [1.82, 2.24) is 0 Å². The van der Waals surface area contributed by atoms with Gasteiger partial charge < -0.3 is 4.42 Å². The SMILES string of the molecule is C=Nc1cocc1/C=C\C. The Morgan fingerprint density at radius 1 is 1.60 bits per heavy atom. The van der Waals surface area contributed by atoms with Gasteiger partial charge >= 0.3 is 0 Å². The summed E-state index contributed by atoms with van der Waals surface area (Å²) in [5.74, 6) is 0.